The first-order chi connectivity index (χ1) is 9.88. The molecule has 0 heterocycles. The topological polar surface area (TPSA) is 66.4 Å². The lowest BCUT2D eigenvalue weighted by molar-refractivity contribution is 0.0697. The minimum atomic E-state index is -1.38. The molecule has 0 saturated carbocycles. The number of anilines is 1. The highest BCUT2D eigenvalue weighted by Gasteiger charge is 2.15. The van der Waals surface area contributed by atoms with E-state index in [1.54, 1.807) is 6.92 Å². The van der Waals surface area contributed by atoms with E-state index >= 15 is 0 Å². The smallest absolute Gasteiger partial charge is 0.337 e. The molecule has 0 aliphatic rings. The Morgan fingerprint density at radius 1 is 1.10 bits per heavy atom. The zero-order valence-corrected chi connectivity index (χ0v) is 11.0. The second kappa shape index (κ2) is 5.70. The molecule has 0 aliphatic heterocycles. The second-order valence-electron chi connectivity index (χ2n) is 4.41. The summed E-state index contributed by atoms with van der Waals surface area (Å²) in [5.41, 5.74) is -0.0101. The Kier molecular flexibility index (Phi) is 3.98. The molecule has 4 nitrogen and oxygen atoms in total. The second-order valence-corrected chi connectivity index (χ2v) is 4.41. The molecule has 2 aromatic carbocycles. The SMILES string of the molecule is Cc1ccc(C(=O)Nc2ccc(F)cc2C(=O)O)cc1F. The average molecular weight is 291 g/mol. The molecule has 1 amide bonds. The predicted molar refractivity (Wildman–Crippen MR) is 72.4 cm³/mol. The van der Waals surface area contributed by atoms with Gasteiger partial charge in [0.25, 0.3) is 5.91 Å². The minimum absolute atomic E-state index is 0.0405. The minimum Gasteiger partial charge on any atom is -0.478 e. The van der Waals surface area contributed by atoms with Crippen molar-refractivity contribution in [2.24, 2.45) is 0 Å². The van der Waals surface area contributed by atoms with Gasteiger partial charge in [-0.25, -0.2) is 13.6 Å². The Labute approximate surface area is 119 Å². The van der Waals surface area contributed by atoms with Crippen molar-refractivity contribution in [3.05, 3.63) is 64.7 Å². The number of halogens is 2. The van der Waals surface area contributed by atoms with Crippen LogP contribution in [0.5, 0.6) is 0 Å². The summed E-state index contributed by atoms with van der Waals surface area (Å²) in [4.78, 5) is 23.0. The highest BCUT2D eigenvalue weighted by Crippen LogP contribution is 2.19. The van der Waals surface area contributed by atoms with E-state index in [2.05, 4.69) is 5.32 Å². The van der Waals surface area contributed by atoms with Gasteiger partial charge in [0, 0.05) is 5.56 Å². The van der Waals surface area contributed by atoms with Gasteiger partial charge in [-0.15, -0.1) is 0 Å². The molecule has 0 radical (unpaired) electrons. The number of aromatic carboxylic acids is 1. The summed E-state index contributed by atoms with van der Waals surface area (Å²) in [5, 5.41) is 11.3. The van der Waals surface area contributed by atoms with E-state index in [0.717, 1.165) is 24.3 Å². The van der Waals surface area contributed by atoms with Gasteiger partial charge in [-0.3, -0.25) is 4.79 Å². The van der Waals surface area contributed by atoms with E-state index in [9.17, 15) is 18.4 Å². The first-order valence-electron chi connectivity index (χ1n) is 5.99. The molecule has 0 aromatic heterocycles. The van der Waals surface area contributed by atoms with Gasteiger partial charge in [0.15, 0.2) is 0 Å². The summed E-state index contributed by atoms with van der Waals surface area (Å²) in [5.74, 6) is -3.32. The van der Waals surface area contributed by atoms with Crippen molar-refractivity contribution in [3.63, 3.8) is 0 Å². The first kappa shape index (κ1) is 14.6. The molecular formula is C15H11F2NO3. The van der Waals surface area contributed by atoms with Gasteiger partial charge in [-0.1, -0.05) is 6.07 Å². The third-order valence-electron chi connectivity index (χ3n) is 2.89. The molecule has 2 N–H and O–H groups in total. The predicted octanol–water partition coefficient (Wildman–Crippen LogP) is 3.22. The lowest BCUT2D eigenvalue weighted by Crippen LogP contribution is -2.15. The van der Waals surface area contributed by atoms with Gasteiger partial charge in [0.1, 0.15) is 11.6 Å². The Morgan fingerprint density at radius 3 is 2.43 bits per heavy atom. The quantitative estimate of drug-likeness (QED) is 0.912. The van der Waals surface area contributed by atoms with Crippen molar-refractivity contribution < 1.29 is 23.5 Å². The first-order valence-corrected chi connectivity index (χ1v) is 5.99. The third kappa shape index (κ3) is 3.22. The number of carboxylic acid groups (broad SMARTS) is 1. The van der Waals surface area contributed by atoms with Gasteiger partial charge in [-0.2, -0.15) is 0 Å². The lowest BCUT2D eigenvalue weighted by Gasteiger charge is -2.09. The highest BCUT2D eigenvalue weighted by molar-refractivity contribution is 6.07. The van der Waals surface area contributed by atoms with E-state index in [1.807, 2.05) is 0 Å². The van der Waals surface area contributed by atoms with Gasteiger partial charge < -0.3 is 10.4 Å². The maximum absolute atomic E-state index is 13.4. The molecule has 108 valence electrons. The van der Waals surface area contributed by atoms with Crippen molar-refractivity contribution in [3.8, 4) is 0 Å². The van der Waals surface area contributed by atoms with Crippen molar-refractivity contribution in [1.82, 2.24) is 0 Å². The normalized spacial score (nSPS) is 10.2. The van der Waals surface area contributed by atoms with E-state index in [0.29, 0.717) is 5.56 Å². The molecule has 0 unspecified atom stereocenters. The summed E-state index contributed by atoms with van der Waals surface area (Å²) in [7, 11) is 0. The van der Waals surface area contributed by atoms with Crippen LogP contribution < -0.4 is 5.32 Å². The van der Waals surface area contributed by atoms with E-state index in [1.165, 1.54) is 12.1 Å². The largest absolute Gasteiger partial charge is 0.478 e. The molecule has 0 fully saturated rings. The third-order valence-corrected chi connectivity index (χ3v) is 2.89. The van der Waals surface area contributed by atoms with Gasteiger partial charge in [0.2, 0.25) is 0 Å². The molecule has 21 heavy (non-hydrogen) atoms. The van der Waals surface area contributed by atoms with Crippen LogP contribution in [0.4, 0.5) is 14.5 Å². The number of aryl methyl sites for hydroxylation is 1. The number of nitrogens with one attached hydrogen (secondary N) is 1. The number of hydrogen-bond donors (Lipinski definition) is 2. The maximum atomic E-state index is 13.4. The Balaban J connectivity index is 2.31. The Morgan fingerprint density at radius 2 is 1.81 bits per heavy atom. The standard InChI is InChI=1S/C15H11F2NO3/c1-8-2-3-9(6-12(8)17)14(19)18-13-5-4-10(16)7-11(13)15(20)21/h2-7H,1H3,(H,18,19)(H,20,21). The molecule has 2 aromatic rings. The maximum Gasteiger partial charge on any atom is 0.337 e. The zero-order valence-electron chi connectivity index (χ0n) is 11.0. The summed E-state index contributed by atoms with van der Waals surface area (Å²) < 4.78 is 26.5. The zero-order chi connectivity index (χ0) is 15.6. The van der Waals surface area contributed by atoms with Gasteiger partial charge in [0.05, 0.1) is 11.3 Å². The van der Waals surface area contributed by atoms with E-state index in [4.69, 9.17) is 5.11 Å². The molecule has 0 bridgehead atoms. The number of carboxylic acids is 1. The number of rotatable bonds is 3. The number of benzene rings is 2. The van der Waals surface area contributed by atoms with Crippen LogP contribution in [-0.4, -0.2) is 17.0 Å². The fourth-order valence-corrected chi connectivity index (χ4v) is 1.73. The van der Waals surface area contributed by atoms with Crippen LogP contribution in [0.1, 0.15) is 26.3 Å². The number of carbonyl (C=O) groups excluding carboxylic acids is 1. The average Bonchev–Trinajstić information content (AvgIpc) is 2.43. The highest BCUT2D eigenvalue weighted by atomic mass is 19.1. The molecule has 0 saturated heterocycles. The summed E-state index contributed by atoms with van der Waals surface area (Å²) in [6.45, 7) is 1.56. The van der Waals surface area contributed by atoms with Crippen LogP contribution in [0.3, 0.4) is 0 Å². The molecule has 0 spiro atoms. The molecular weight excluding hydrogens is 280 g/mol. The number of carbonyl (C=O) groups is 2. The van der Waals surface area contributed by atoms with Crippen LogP contribution in [-0.2, 0) is 0 Å². The number of hydrogen-bond acceptors (Lipinski definition) is 2. The van der Waals surface area contributed by atoms with Crippen LogP contribution in [0.2, 0.25) is 0 Å². The number of amides is 1. The van der Waals surface area contributed by atoms with Crippen molar-refractivity contribution in [1.29, 1.82) is 0 Å². The lowest BCUT2D eigenvalue weighted by atomic mass is 10.1. The van der Waals surface area contributed by atoms with Crippen LogP contribution in [0.25, 0.3) is 0 Å². The Hall–Kier alpha value is -2.76. The van der Waals surface area contributed by atoms with Gasteiger partial charge >= 0.3 is 5.97 Å². The fourth-order valence-electron chi connectivity index (χ4n) is 1.73. The molecule has 0 atom stereocenters. The van der Waals surface area contributed by atoms with Crippen LogP contribution in [0.15, 0.2) is 36.4 Å². The van der Waals surface area contributed by atoms with E-state index < -0.39 is 23.5 Å². The summed E-state index contributed by atoms with van der Waals surface area (Å²) in [6.07, 6.45) is 0. The van der Waals surface area contributed by atoms with Crippen molar-refractivity contribution >= 4 is 17.6 Å². The molecule has 0 aliphatic carbocycles. The molecule has 2 rings (SSSR count). The fraction of sp³-hybridized carbons (Fsp3) is 0.0667. The van der Waals surface area contributed by atoms with E-state index in [-0.39, 0.29) is 16.8 Å². The van der Waals surface area contributed by atoms with Gasteiger partial charge in [-0.05, 0) is 42.8 Å². The molecule has 6 heteroatoms. The van der Waals surface area contributed by atoms with Crippen molar-refractivity contribution in [2.75, 3.05) is 5.32 Å². The summed E-state index contributed by atoms with van der Waals surface area (Å²) >= 11 is 0. The Bertz CT molecular complexity index is 729. The van der Waals surface area contributed by atoms with Crippen molar-refractivity contribution in [2.45, 2.75) is 6.92 Å². The van der Waals surface area contributed by atoms with Crippen LogP contribution in [0, 0.1) is 18.6 Å². The monoisotopic (exact) mass is 291 g/mol. The summed E-state index contributed by atoms with van der Waals surface area (Å²) in [6, 6.07) is 6.87. The van der Waals surface area contributed by atoms with Crippen LogP contribution >= 0.6 is 0 Å².